The maximum absolute atomic E-state index is 5.99. The Balaban J connectivity index is 1.63. The van der Waals surface area contributed by atoms with Crippen molar-refractivity contribution < 1.29 is 9.26 Å². The zero-order valence-electron chi connectivity index (χ0n) is 10.8. The first-order valence-corrected chi connectivity index (χ1v) is 6.99. The van der Waals surface area contributed by atoms with Gasteiger partial charge in [0.1, 0.15) is 0 Å². The summed E-state index contributed by atoms with van der Waals surface area (Å²) in [5, 5.41) is 4.11. The van der Waals surface area contributed by atoms with Gasteiger partial charge in [-0.2, -0.15) is 4.98 Å². The van der Waals surface area contributed by atoms with E-state index < -0.39 is 0 Å². The van der Waals surface area contributed by atoms with Gasteiger partial charge in [0.25, 0.3) is 0 Å². The minimum Gasteiger partial charge on any atom is -0.374 e. The summed E-state index contributed by atoms with van der Waals surface area (Å²) in [7, 11) is 0. The second-order valence-corrected chi connectivity index (χ2v) is 5.52. The van der Waals surface area contributed by atoms with E-state index in [9.17, 15) is 0 Å². The van der Waals surface area contributed by atoms with Gasteiger partial charge in [-0.25, -0.2) is 0 Å². The van der Waals surface area contributed by atoms with Crippen LogP contribution in [0.3, 0.4) is 0 Å². The van der Waals surface area contributed by atoms with E-state index in [0.29, 0.717) is 30.4 Å². The van der Waals surface area contributed by atoms with Crippen LogP contribution < -0.4 is 5.73 Å². The van der Waals surface area contributed by atoms with Gasteiger partial charge in [0.2, 0.25) is 5.89 Å². The van der Waals surface area contributed by atoms with Crippen LogP contribution in [0.1, 0.15) is 56.7 Å². The van der Waals surface area contributed by atoms with Crippen LogP contribution in [0.15, 0.2) is 4.52 Å². The molecule has 3 heterocycles. The average molecular weight is 251 g/mol. The van der Waals surface area contributed by atoms with Crippen LogP contribution in [0.2, 0.25) is 0 Å². The predicted octanol–water partition coefficient (Wildman–Crippen LogP) is 1.77. The van der Waals surface area contributed by atoms with Crippen molar-refractivity contribution in [1.82, 2.24) is 10.1 Å². The lowest BCUT2D eigenvalue weighted by molar-refractivity contribution is 0.0996. The molecule has 2 N–H and O–H groups in total. The molecule has 0 radical (unpaired) electrons. The van der Waals surface area contributed by atoms with Gasteiger partial charge in [-0.05, 0) is 25.7 Å². The van der Waals surface area contributed by atoms with Gasteiger partial charge < -0.3 is 15.0 Å². The van der Waals surface area contributed by atoms with E-state index in [-0.39, 0.29) is 6.04 Å². The topological polar surface area (TPSA) is 74.2 Å². The molecule has 0 aliphatic carbocycles. The van der Waals surface area contributed by atoms with E-state index in [0.717, 1.165) is 31.5 Å². The molecule has 3 rings (SSSR count). The van der Waals surface area contributed by atoms with Gasteiger partial charge in [-0.15, -0.1) is 0 Å². The first-order chi connectivity index (χ1) is 8.76. The second kappa shape index (κ2) is 4.97. The van der Waals surface area contributed by atoms with E-state index in [1.165, 1.54) is 6.42 Å². The summed E-state index contributed by atoms with van der Waals surface area (Å²) in [5.74, 6) is 1.83. The Morgan fingerprint density at radius 1 is 1.44 bits per heavy atom. The minimum absolute atomic E-state index is 0.125. The van der Waals surface area contributed by atoms with Crippen LogP contribution in [0.4, 0.5) is 0 Å². The van der Waals surface area contributed by atoms with Crippen molar-refractivity contribution >= 4 is 0 Å². The van der Waals surface area contributed by atoms with Crippen molar-refractivity contribution in [2.24, 2.45) is 5.73 Å². The molecular formula is C13H21N3O2. The number of nitrogens with two attached hydrogens (primary N) is 1. The number of nitrogens with zero attached hydrogens (tertiary/aromatic N) is 2. The average Bonchev–Trinajstić information content (AvgIpc) is 3.03. The molecule has 4 atom stereocenters. The van der Waals surface area contributed by atoms with Crippen LogP contribution >= 0.6 is 0 Å². The van der Waals surface area contributed by atoms with Crippen molar-refractivity contribution in [3.8, 4) is 0 Å². The third kappa shape index (κ3) is 2.29. The first-order valence-electron chi connectivity index (χ1n) is 6.99. The smallest absolute Gasteiger partial charge is 0.228 e. The number of fused-ring (bicyclic) bond motifs is 2. The fourth-order valence-corrected chi connectivity index (χ4v) is 3.11. The highest BCUT2D eigenvalue weighted by atomic mass is 16.5. The molecule has 0 spiro atoms. The molecule has 2 bridgehead atoms. The minimum atomic E-state index is 0.125. The molecule has 0 saturated carbocycles. The van der Waals surface area contributed by atoms with Crippen LogP contribution in [0, 0.1) is 0 Å². The lowest BCUT2D eigenvalue weighted by Crippen LogP contribution is -2.22. The van der Waals surface area contributed by atoms with Gasteiger partial charge in [0.05, 0.1) is 18.1 Å². The Morgan fingerprint density at radius 3 is 3.00 bits per heavy atom. The standard InChI is InChI=1S/C13H21N3O2/c1-2-3-8(14)6-12-15-13(16-18-12)10-7-9-4-5-11(10)17-9/h8-11H,2-7,14H2,1H3. The van der Waals surface area contributed by atoms with E-state index >= 15 is 0 Å². The molecule has 18 heavy (non-hydrogen) atoms. The summed E-state index contributed by atoms with van der Waals surface area (Å²) >= 11 is 0. The quantitative estimate of drug-likeness (QED) is 0.863. The second-order valence-electron chi connectivity index (χ2n) is 5.52. The molecule has 2 fully saturated rings. The summed E-state index contributed by atoms with van der Waals surface area (Å²) < 4.78 is 11.1. The van der Waals surface area contributed by atoms with Crippen LogP contribution in [0.5, 0.6) is 0 Å². The molecule has 2 saturated heterocycles. The largest absolute Gasteiger partial charge is 0.374 e. The van der Waals surface area contributed by atoms with Crippen LogP contribution in [-0.4, -0.2) is 28.4 Å². The van der Waals surface area contributed by atoms with Crippen molar-refractivity contribution in [3.63, 3.8) is 0 Å². The van der Waals surface area contributed by atoms with Gasteiger partial charge >= 0.3 is 0 Å². The molecule has 1 aromatic heterocycles. The van der Waals surface area contributed by atoms with Crippen LogP contribution in [-0.2, 0) is 11.2 Å². The maximum Gasteiger partial charge on any atom is 0.228 e. The Kier molecular flexibility index (Phi) is 3.35. The van der Waals surface area contributed by atoms with Gasteiger partial charge in [-0.1, -0.05) is 18.5 Å². The molecule has 2 aliphatic rings. The monoisotopic (exact) mass is 251 g/mol. The number of ether oxygens (including phenoxy) is 1. The zero-order valence-corrected chi connectivity index (χ0v) is 10.8. The summed E-state index contributed by atoms with van der Waals surface area (Å²) in [6, 6.07) is 0.125. The van der Waals surface area contributed by atoms with E-state index in [1.807, 2.05) is 0 Å². The molecule has 5 heteroatoms. The third-order valence-electron chi connectivity index (χ3n) is 4.02. The number of aromatic nitrogens is 2. The highest BCUT2D eigenvalue weighted by molar-refractivity contribution is 5.07. The zero-order chi connectivity index (χ0) is 12.5. The Morgan fingerprint density at radius 2 is 2.33 bits per heavy atom. The molecule has 4 unspecified atom stereocenters. The lowest BCUT2D eigenvalue weighted by atomic mass is 9.89. The number of hydrogen-bond donors (Lipinski definition) is 1. The van der Waals surface area contributed by atoms with Gasteiger partial charge in [0.15, 0.2) is 5.82 Å². The highest BCUT2D eigenvalue weighted by Gasteiger charge is 2.43. The Labute approximate surface area is 107 Å². The summed E-state index contributed by atoms with van der Waals surface area (Å²) in [4.78, 5) is 4.50. The SMILES string of the molecule is CCCC(N)Cc1nc(C2CC3CCC2O3)no1. The Hall–Kier alpha value is -0.940. The first kappa shape index (κ1) is 12.1. The molecular weight excluding hydrogens is 230 g/mol. The molecule has 0 aromatic carbocycles. The Bertz CT molecular complexity index is 407. The van der Waals surface area contributed by atoms with Crippen LogP contribution in [0.25, 0.3) is 0 Å². The molecule has 0 amide bonds. The normalized spacial score (nSPS) is 32.0. The van der Waals surface area contributed by atoms with E-state index in [4.69, 9.17) is 15.0 Å². The molecule has 1 aromatic rings. The van der Waals surface area contributed by atoms with Gasteiger partial charge in [0, 0.05) is 12.5 Å². The molecule has 2 aliphatic heterocycles. The lowest BCUT2D eigenvalue weighted by Gasteiger charge is -2.13. The van der Waals surface area contributed by atoms with Crippen molar-refractivity contribution in [2.75, 3.05) is 0 Å². The van der Waals surface area contributed by atoms with Crippen molar-refractivity contribution in [3.05, 3.63) is 11.7 Å². The molecule has 100 valence electrons. The van der Waals surface area contributed by atoms with Gasteiger partial charge in [-0.3, -0.25) is 0 Å². The third-order valence-corrected chi connectivity index (χ3v) is 4.02. The van der Waals surface area contributed by atoms with Crippen molar-refractivity contribution in [1.29, 1.82) is 0 Å². The molecule has 5 nitrogen and oxygen atoms in total. The maximum atomic E-state index is 5.99. The summed E-state index contributed by atoms with van der Waals surface area (Å²) in [6.45, 7) is 2.13. The fourth-order valence-electron chi connectivity index (χ4n) is 3.11. The highest BCUT2D eigenvalue weighted by Crippen LogP contribution is 2.43. The van der Waals surface area contributed by atoms with Crippen molar-refractivity contribution in [2.45, 2.75) is 69.6 Å². The fraction of sp³-hybridized carbons (Fsp3) is 0.846. The van der Waals surface area contributed by atoms with E-state index in [2.05, 4.69) is 17.1 Å². The number of hydrogen-bond acceptors (Lipinski definition) is 5. The van der Waals surface area contributed by atoms with E-state index in [1.54, 1.807) is 0 Å². The summed E-state index contributed by atoms with van der Waals surface area (Å²) in [5.41, 5.74) is 5.99. The number of rotatable bonds is 5. The summed E-state index contributed by atoms with van der Waals surface area (Å²) in [6.07, 6.45) is 6.86. The predicted molar refractivity (Wildman–Crippen MR) is 66.1 cm³/mol.